The molecule has 0 bridgehead atoms. The first-order valence-corrected chi connectivity index (χ1v) is 9.35. The van der Waals surface area contributed by atoms with Crippen LogP contribution in [-0.4, -0.2) is 22.6 Å². The topological polar surface area (TPSA) is 61.2 Å². The number of ether oxygens (including phenoxy) is 1. The average Bonchev–Trinajstić information content (AvgIpc) is 3.16. The molecule has 28 heavy (non-hydrogen) atoms. The Kier molecular flexibility index (Phi) is 4.75. The molecule has 0 saturated heterocycles. The highest BCUT2D eigenvalue weighted by atomic mass is 32.1. The molecule has 0 aliphatic heterocycles. The van der Waals surface area contributed by atoms with Crippen molar-refractivity contribution < 1.29 is 13.9 Å². The summed E-state index contributed by atoms with van der Waals surface area (Å²) in [5.41, 5.74) is 1.63. The summed E-state index contributed by atoms with van der Waals surface area (Å²) in [6.45, 7) is 0. The molecule has 5 nitrogen and oxygen atoms in total. The van der Waals surface area contributed by atoms with Gasteiger partial charge in [0.1, 0.15) is 17.0 Å². The second-order valence-electron chi connectivity index (χ2n) is 6.13. The lowest BCUT2D eigenvalue weighted by Crippen LogP contribution is -2.31. The number of hydrogen-bond acceptors (Lipinski definition) is 5. The number of rotatable bonds is 4. The molecule has 0 amide bonds. The minimum atomic E-state index is -0.948. The lowest BCUT2D eigenvalue weighted by atomic mass is 10.1. The zero-order valence-corrected chi connectivity index (χ0v) is 15.7. The summed E-state index contributed by atoms with van der Waals surface area (Å²) in [4.78, 5) is 30.7. The van der Waals surface area contributed by atoms with Crippen LogP contribution < -0.4 is 5.56 Å². The average molecular weight is 394 g/mol. The van der Waals surface area contributed by atoms with E-state index < -0.39 is 12.0 Å². The number of nitrogens with zero attached hydrogens (tertiary/aromatic N) is 2. The van der Waals surface area contributed by atoms with E-state index in [1.54, 1.807) is 36.4 Å². The van der Waals surface area contributed by atoms with Crippen molar-refractivity contribution in [3.05, 3.63) is 88.0 Å². The number of aromatic nitrogens is 2. The van der Waals surface area contributed by atoms with Gasteiger partial charge < -0.3 is 4.74 Å². The Labute approximate surface area is 163 Å². The number of carbonyl (C=O) groups is 1. The summed E-state index contributed by atoms with van der Waals surface area (Å²) in [5.74, 6) is -0.915. The Morgan fingerprint density at radius 1 is 1.14 bits per heavy atom. The fraction of sp³-hybridized carbons (Fsp3) is 0.0952. The number of fused-ring (bicyclic) bond motifs is 1. The SMILES string of the molecule is COC(=O)C(c1ccccc1)n1cnc2scc(-c3ccc(F)cc3)c2c1=O. The standard InChI is InChI=1S/C21H15FN2O3S/c1-27-21(26)18(14-5-3-2-4-6-14)24-12-23-19-17(20(24)25)16(11-28-19)13-7-9-15(22)10-8-13/h2-12,18H,1H3. The molecule has 0 N–H and O–H groups in total. The van der Waals surface area contributed by atoms with E-state index >= 15 is 0 Å². The molecule has 4 aromatic rings. The lowest BCUT2D eigenvalue weighted by molar-refractivity contribution is -0.143. The van der Waals surface area contributed by atoms with Crippen LogP contribution in [0.15, 0.2) is 71.1 Å². The van der Waals surface area contributed by atoms with Crippen molar-refractivity contribution in [2.24, 2.45) is 0 Å². The molecule has 0 radical (unpaired) electrons. The summed E-state index contributed by atoms with van der Waals surface area (Å²) >= 11 is 1.32. The largest absolute Gasteiger partial charge is 0.467 e. The van der Waals surface area contributed by atoms with Gasteiger partial charge in [0.05, 0.1) is 12.5 Å². The maximum atomic E-state index is 13.3. The van der Waals surface area contributed by atoms with Gasteiger partial charge in [-0.25, -0.2) is 14.2 Å². The molecule has 1 atom stereocenters. The zero-order chi connectivity index (χ0) is 19.7. The Hall–Kier alpha value is -3.32. The molecule has 7 heteroatoms. The molecule has 0 aliphatic rings. The van der Waals surface area contributed by atoms with Crippen molar-refractivity contribution in [3.63, 3.8) is 0 Å². The molecule has 2 heterocycles. The van der Waals surface area contributed by atoms with Gasteiger partial charge >= 0.3 is 5.97 Å². The number of methoxy groups -OCH3 is 1. The van der Waals surface area contributed by atoms with Crippen LogP contribution in [0, 0.1) is 5.82 Å². The Balaban J connectivity index is 1.94. The second kappa shape index (κ2) is 7.36. The van der Waals surface area contributed by atoms with Crippen LogP contribution in [0.5, 0.6) is 0 Å². The summed E-state index contributed by atoms with van der Waals surface area (Å²) in [6.07, 6.45) is 1.37. The molecule has 0 aliphatic carbocycles. The van der Waals surface area contributed by atoms with Gasteiger partial charge in [0, 0.05) is 10.9 Å². The molecule has 0 spiro atoms. The first-order chi connectivity index (χ1) is 13.6. The van der Waals surface area contributed by atoms with E-state index in [0.717, 1.165) is 0 Å². The molecule has 2 aromatic carbocycles. The number of halogens is 1. The Morgan fingerprint density at radius 2 is 1.86 bits per heavy atom. The third kappa shape index (κ3) is 3.10. The minimum absolute atomic E-state index is 0.353. The Morgan fingerprint density at radius 3 is 2.54 bits per heavy atom. The molecular weight excluding hydrogens is 379 g/mol. The molecular formula is C21H15FN2O3S. The van der Waals surface area contributed by atoms with E-state index in [1.165, 1.54) is 41.5 Å². The van der Waals surface area contributed by atoms with Crippen LogP contribution in [0.2, 0.25) is 0 Å². The van der Waals surface area contributed by atoms with Crippen molar-refractivity contribution >= 4 is 27.5 Å². The first kappa shape index (κ1) is 18.1. The van der Waals surface area contributed by atoms with Gasteiger partial charge in [0.2, 0.25) is 0 Å². The fourth-order valence-corrected chi connectivity index (χ4v) is 4.04. The van der Waals surface area contributed by atoms with Gasteiger partial charge in [-0.05, 0) is 23.3 Å². The van der Waals surface area contributed by atoms with E-state index in [9.17, 15) is 14.0 Å². The summed E-state index contributed by atoms with van der Waals surface area (Å²) < 4.78 is 19.5. The third-order valence-corrected chi connectivity index (χ3v) is 5.38. The first-order valence-electron chi connectivity index (χ1n) is 8.47. The molecule has 140 valence electrons. The number of hydrogen-bond donors (Lipinski definition) is 0. The fourth-order valence-electron chi connectivity index (χ4n) is 3.13. The van der Waals surface area contributed by atoms with Gasteiger partial charge in [-0.3, -0.25) is 9.36 Å². The van der Waals surface area contributed by atoms with Crippen LogP contribution in [-0.2, 0) is 9.53 Å². The molecule has 0 saturated carbocycles. The summed E-state index contributed by atoms with van der Waals surface area (Å²) in [6, 6.07) is 13.9. The van der Waals surface area contributed by atoms with E-state index in [4.69, 9.17) is 4.74 Å². The quantitative estimate of drug-likeness (QED) is 0.491. The van der Waals surface area contributed by atoms with Crippen LogP contribution in [0.1, 0.15) is 11.6 Å². The lowest BCUT2D eigenvalue weighted by Gasteiger charge is -2.17. The molecule has 2 aromatic heterocycles. The second-order valence-corrected chi connectivity index (χ2v) is 6.99. The van der Waals surface area contributed by atoms with Crippen LogP contribution in [0.25, 0.3) is 21.3 Å². The van der Waals surface area contributed by atoms with Crippen molar-refractivity contribution in [2.45, 2.75) is 6.04 Å². The third-order valence-electron chi connectivity index (χ3n) is 4.49. The maximum Gasteiger partial charge on any atom is 0.333 e. The van der Waals surface area contributed by atoms with Crippen LogP contribution >= 0.6 is 11.3 Å². The predicted molar refractivity (Wildman–Crippen MR) is 106 cm³/mol. The number of thiophene rings is 1. The van der Waals surface area contributed by atoms with Crippen molar-refractivity contribution in [1.82, 2.24) is 9.55 Å². The number of esters is 1. The molecule has 4 rings (SSSR count). The van der Waals surface area contributed by atoms with Gasteiger partial charge in [-0.1, -0.05) is 42.5 Å². The van der Waals surface area contributed by atoms with Gasteiger partial charge in [-0.15, -0.1) is 11.3 Å². The van der Waals surface area contributed by atoms with E-state index in [-0.39, 0.29) is 11.4 Å². The normalized spacial score (nSPS) is 12.1. The van der Waals surface area contributed by atoms with Gasteiger partial charge in [0.25, 0.3) is 5.56 Å². The molecule has 1 unspecified atom stereocenters. The Bertz CT molecular complexity index is 1200. The van der Waals surface area contributed by atoms with Crippen LogP contribution in [0.3, 0.4) is 0 Å². The predicted octanol–water partition coefficient (Wildman–Crippen LogP) is 4.03. The summed E-state index contributed by atoms with van der Waals surface area (Å²) in [7, 11) is 1.28. The number of carbonyl (C=O) groups excluding carboxylic acids is 1. The van der Waals surface area contributed by atoms with Crippen molar-refractivity contribution in [2.75, 3.05) is 7.11 Å². The smallest absolute Gasteiger partial charge is 0.333 e. The summed E-state index contributed by atoms with van der Waals surface area (Å²) in [5, 5.41) is 2.20. The van der Waals surface area contributed by atoms with Gasteiger partial charge in [-0.2, -0.15) is 0 Å². The van der Waals surface area contributed by atoms with Crippen molar-refractivity contribution in [1.29, 1.82) is 0 Å². The van der Waals surface area contributed by atoms with E-state index in [0.29, 0.717) is 26.9 Å². The van der Waals surface area contributed by atoms with Crippen molar-refractivity contribution in [3.8, 4) is 11.1 Å². The highest BCUT2D eigenvalue weighted by molar-refractivity contribution is 7.17. The zero-order valence-electron chi connectivity index (χ0n) is 14.8. The number of benzene rings is 2. The maximum absolute atomic E-state index is 13.3. The molecule has 0 fully saturated rings. The minimum Gasteiger partial charge on any atom is -0.467 e. The monoisotopic (exact) mass is 394 g/mol. The highest BCUT2D eigenvalue weighted by Crippen LogP contribution is 2.31. The van der Waals surface area contributed by atoms with E-state index in [1.807, 2.05) is 11.4 Å². The highest BCUT2D eigenvalue weighted by Gasteiger charge is 2.26. The van der Waals surface area contributed by atoms with Crippen LogP contribution in [0.4, 0.5) is 4.39 Å². The van der Waals surface area contributed by atoms with Gasteiger partial charge in [0.15, 0.2) is 6.04 Å². The van der Waals surface area contributed by atoms with E-state index in [2.05, 4.69) is 4.98 Å².